The lowest BCUT2D eigenvalue weighted by atomic mass is 9.81. The van der Waals surface area contributed by atoms with Gasteiger partial charge in [0.05, 0.1) is 22.7 Å². The fourth-order valence-electron chi connectivity index (χ4n) is 19.5. The minimum absolute atomic E-state index is 0.160. The molecule has 0 aliphatic heterocycles. The molecule has 2 aromatic heterocycles. The lowest BCUT2D eigenvalue weighted by molar-refractivity contribution is 0.661. The Balaban J connectivity index is 0.816. The van der Waals surface area contributed by atoms with Gasteiger partial charge in [-0.1, -0.05) is 250 Å². The second kappa shape index (κ2) is 21.2. The van der Waals surface area contributed by atoms with Gasteiger partial charge in [0, 0.05) is 54.5 Å². The van der Waals surface area contributed by atoms with Gasteiger partial charge in [-0.15, -0.1) is 0 Å². The van der Waals surface area contributed by atoms with Gasteiger partial charge in [0.2, 0.25) is 0 Å². The van der Waals surface area contributed by atoms with E-state index in [1.807, 2.05) is 0 Å². The van der Waals surface area contributed by atoms with Crippen LogP contribution in [-0.2, 0) is 10.8 Å². The topological polar surface area (TPSA) is 32.8 Å². The van der Waals surface area contributed by atoms with E-state index in [4.69, 9.17) is 8.83 Å². The fourth-order valence-corrected chi connectivity index (χ4v) is 19.5. The van der Waals surface area contributed by atoms with Crippen LogP contribution in [0.4, 0.5) is 34.1 Å². The minimum Gasteiger partial charge on any atom is -0.454 e. The van der Waals surface area contributed by atoms with Crippen molar-refractivity contribution >= 4 is 175 Å². The number of fused-ring (bicyclic) bond motifs is 24. The van der Waals surface area contributed by atoms with Crippen LogP contribution in [0.5, 0.6) is 0 Å². The van der Waals surface area contributed by atoms with Gasteiger partial charge in [-0.2, -0.15) is 0 Å². The summed E-state index contributed by atoms with van der Waals surface area (Å²) in [5.74, 6) is 0.320. The summed E-state index contributed by atoms with van der Waals surface area (Å²) < 4.78 is 14.4. The standard InChI is InChI=1S/C100H72N2O2/c1-55(2)75-53-91(101(89-35-21-33-71-67-31-17-19-37-93(67)103-97(71)89)57-39-45-85-81(47-57)83-49-77-63-27-13-9-23-59(63)61-25-11-15-29-65(61)79(77)51-87(83)99(85,5)6)73-44-42-70-76(56(3)4)54-92(74-43-41-69(75)95(73)96(70)74)102(90-36-22-34-72-68-32-18-20-38-94(68)104-98(72)90)58-40-46-86-82(48-58)84-50-78-64-28-14-10-24-60(64)62-26-12-16-30-66(62)80(78)52-88(84)100(86,7)8/h9-56H,1-8H3. The molecule has 2 heterocycles. The number of para-hydroxylation sites is 4. The van der Waals surface area contributed by atoms with Gasteiger partial charge in [0.25, 0.3) is 0 Å². The van der Waals surface area contributed by atoms with Crippen molar-refractivity contribution in [1.29, 1.82) is 0 Å². The van der Waals surface area contributed by atoms with Crippen LogP contribution in [0, 0.1) is 0 Å². The third kappa shape index (κ3) is 7.98. The predicted octanol–water partition coefficient (Wildman–Crippen LogP) is 29.1. The molecule has 0 radical (unpaired) electrons. The molecule has 104 heavy (non-hydrogen) atoms. The van der Waals surface area contributed by atoms with Crippen molar-refractivity contribution < 1.29 is 8.83 Å². The van der Waals surface area contributed by atoms with E-state index in [2.05, 4.69) is 344 Å². The highest BCUT2D eigenvalue weighted by Gasteiger charge is 2.40. The molecule has 494 valence electrons. The second-order valence-corrected chi connectivity index (χ2v) is 31.3. The highest BCUT2D eigenvalue weighted by Crippen LogP contribution is 2.59. The Kier molecular flexibility index (Phi) is 12.1. The number of hydrogen-bond acceptors (Lipinski definition) is 4. The highest BCUT2D eigenvalue weighted by molar-refractivity contribution is 6.32. The van der Waals surface area contributed by atoms with E-state index in [1.165, 1.54) is 153 Å². The molecule has 0 saturated carbocycles. The molecule has 0 N–H and O–H groups in total. The monoisotopic (exact) mass is 1330 g/mol. The van der Waals surface area contributed by atoms with Crippen molar-refractivity contribution in [2.45, 2.75) is 78.1 Å². The summed E-state index contributed by atoms with van der Waals surface area (Å²) in [6, 6.07) is 106. The summed E-state index contributed by atoms with van der Waals surface area (Å²) in [4.78, 5) is 5.10. The quantitative estimate of drug-likeness (QED) is 0.142. The first kappa shape index (κ1) is 59.4. The predicted molar refractivity (Wildman–Crippen MR) is 442 cm³/mol. The maximum absolute atomic E-state index is 7.19. The first-order valence-corrected chi connectivity index (χ1v) is 37.0. The van der Waals surface area contributed by atoms with Crippen LogP contribution in [0.2, 0.25) is 0 Å². The Morgan fingerprint density at radius 1 is 0.240 bits per heavy atom. The number of hydrogen-bond donors (Lipinski definition) is 0. The molecule has 0 fully saturated rings. The molecule has 0 atom stereocenters. The molecule has 0 unspecified atom stereocenters. The molecule has 0 saturated heterocycles. The van der Waals surface area contributed by atoms with Gasteiger partial charge in [0.1, 0.15) is 11.2 Å². The molecule has 20 aromatic rings. The van der Waals surface area contributed by atoms with Gasteiger partial charge >= 0.3 is 0 Å². The largest absolute Gasteiger partial charge is 0.454 e. The van der Waals surface area contributed by atoms with E-state index in [0.29, 0.717) is 0 Å². The average molecular weight is 1330 g/mol. The third-order valence-corrected chi connectivity index (χ3v) is 24.5. The number of rotatable bonds is 8. The smallest absolute Gasteiger partial charge is 0.159 e. The van der Waals surface area contributed by atoms with Crippen molar-refractivity contribution in [3.05, 3.63) is 312 Å². The normalized spacial score (nSPS) is 13.9. The van der Waals surface area contributed by atoms with E-state index in [-0.39, 0.29) is 22.7 Å². The number of anilines is 6. The van der Waals surface area contributed by atoms with Crippen molar-refractivity contribution in [2.75, 3.05) is 9.80 Å². The molecule has 2 aliphatic carbocycles. The molecule has 2 aliphatic rings. The summed E-state index contributed by atoms with van der Waals surface area (Å²) >= 11 is 0. The van der Waals surface area contributed by atoms with Crippen LogP contribution in [-0.4, -0.2) is 0 Å². The first-order chi connectivity index (χ1) is 50.8. The molecule has 0 spiro atoms. The van der Waals surface area contributed by atoms with Gasteiger partial charge in [-0.3, -0.25) is 0 Å². The van der Waals surface area contributed by atoms with Gasteiger partial charge in [-0.05, 0) is 239 Å². The molecule has 4 heteroatoms. The summed E-state index contributed by atoms with van der Waals surface area (Å²) in [7, 11) is 0. The maximum atomic E-state index is 7.19. The molecule has 0 amide bonds. The average Bonchev–Trinajstić information content (AvgIpc) is 1.19. The molecular formula is C100H72N2O2. The molecule has 22 rings (SSSR count). The van der Waals surface area contributed by atoms with Crippen molar-refractivity contribution in [3.8, 4) is 22.3 Å². The summed E-state index contributed by atoms with van der Waals surface area (Å²) in [5, 5.41) is 27.1. The van der Waals surface area contributed by atoms with E-state index >= 15 is 0 Å². The van der Waals surface area contributed by atoms with Crippen molar-refractivity contribution in [3.63, 3.8) is 0 Å². The third-order valence-electron chi connectivity index (χ3n) is 24.5. The van der Waals surface area contributed by atoms with Gasteiger partial charge in [-0.25, -0.2) is 0 Å². The fraction of sp³-hybridized carbons (Fsp3) is 0.120. The Labute approximate surface area is 602 Å². The Morgan fingerprint density at radius 3 is 0.913 bits per heavy atom. The van der Waals surface area contributed by atoms with Crippen molar-refractivity contribution in [2.24, 2.45) is 0 Å². The first-order valence-electron chi connectivity index (χ1n) is 37.0. The molecular weight excluding hydrogens is 1260 g/mol. The Hall–Kier alpha value is -12.2. The minimum atomic E-state index is -0.276. The molecule has 0 bridgehead atoms. The van der Waals surface area contributed by atoms with Gasteiger partial charge < -0.3 is 18.6 Å². The van der Waals surface area contributed by atoms with Crippen molar-refractivity contribution in [1.82, 2.24) is 0 Å². The van der Waals surface area contributed by atoms with Crippen LogP contribution in [0.1, 0.15) is 101 Å². The Bertz CT molecular complexity index is 6770. The summed E-state index contributed by atoms with van der Waals surface area (Å²) in [6.45, 7) is 19.1. The van der Waals surface area contributed by atoms with Crippen LogP contribution < -0.4 is 9.80 Å². The number of benzene rings is 18. The molecule has 4 nitrogen and oxygen atoms in total. The number of furan rings is 2. The second-order valence-electron chi connectivity index (χ2n) is 31.3. The maximum Gasteiger partial charge on any atom is 0.159 e. The lowest BCUT2D eigenvalue weighted by Gasteiger charge is -2.32. The summed E-state index contributed by atoms with van der Waals surface area (Å²) in [6.07, 6.45) is 0. The lowest BCUT2D eigenvalue weighted by Crippen LogP contribution is -2.16. The summed E-state index contributed by atoms with van der Waals surface area (Å²) in [5.41, 5.74) is 22.2. The van der Waals surface area contributed by atoms with Gasteiger partial charge in [0.15, 0.2) is 11.2 Å². The zero-order valence-corrected chi connectivity index (χ0v) is 59.4. The van der Waals surface area contributed by atoms with Crippen LogP contribution in [0.25, 0.3) is 163 Å². The highest BCUT2D eigenvalue weighted by atomic mass is 16.3. The van der Waals surface area contributed by atoms with E-state index in [9.17, 15) is 0 Å². The van der Waals surface area contributed by atoms with Crippen LogP contribution in [0.3, 0.4) is 0 Å². The molecule has 18 aromatic carbocycles. The van der Waals surface area contributed by atoms with E-state index < -0.39 is 0 Å². The number of nitrogens with zero attached hydrogens (tertiary/aromatic N) is 2. The zero-order chi connectivity index (χ0) is 69.5. The van der Waals surface area contributed by atoms with E-state index in [1.54, 1.807) is 0 Å². The van der Waals surface area contributed by atoms with Crippen LogP contribution in [0.15, 0.2) is 288 Å². The Morgan fingerprint density at radius 2 is 0.548 bits per heavy atom. The van der Waals surface area contributed by atoms with Crippen LogP contribution >= 0.6 is 0 Å². The SMILES string of the molecule is CC(C)c1cc(N(c2ccc3c(c2)-c2cc4c5ccccc5c5ccccc5c4cc2C3(C)C)c2cccc3c2oc2ccccc23)c2ccc3c(C(C)C)cc(N(c4ccc5c(c4)-c4cc6c7ccccc7c7ccccc7c6cc4C5(C)C)c4cccc5c4oc4ccccc45)c4ccc1c2c34. The zero-order valence-electron chi connectivity index (χ0n) is 59.4. The van der Waals surface area contributed by atoms with E-state index in [0.717, 1.165) is 78.0 Å².